The molecule has 7 nitrogen and oxygen atoms in total. The van der Waals surface area contributed by atoms with E-state index in [0.717, 1.165) is 47.3 Å². The highest BCUT2D eigenvalue weighted by Gasteiger charge is 2.13. The van der Waals surface area contributed by atoms with Gasteiger partial charge in [-0.3, -0.25) is 9.13 Å². The van der Waals surface area contributed by atoms with Gasteiger partial charge in [-0.2, -0.15) is 0 Å². The van der Waals surface area contributed by atoms with E-state index >= 15 is 0 Å². The summed E-state index contributed by atoms with van der Waals surface area (Å²) in [4.78, 5) is 13.1. The third-order valence-electron chi connectivity index (χ3n) is 5.77. The lowest BCUT2D eigenvalue weighted by atomic mass is 9.98. The van der Waals surface area contributed by atoms with Gasteiger partial charge in [0.25, 0.3) is 0 Å². The largest absolute Gasteiger partial charge is 0.328 e. The summed E-state index contributed by atoms with van der Waals surface area (Å²) in [7, 11) is 0. The number of rotatable bonds is 9. The summed E-state index contributed by atoms with van der Waals surface area (Å²) in [6.07, 6.45) is 7.87. The monoisotopic (exact) mass is 442 g/mol. The fourth-order valence-electron chi connectivity index (χ4n) is 3.90. The predicted molar refractivity (Wildman–Crippen MR) is 131 cm³/mol. The number of hydrogen-bond donors (Lipinski definition) is 1. The Bertz CT molecular complexity index is 1260. The molecule has 33 heavy (non-hydrogen) atoms. The van der Waals surface area contributed by atoms with E-state index in [4.69, 9.17) is 0 Å². The molecule has 0 aliphatic heterocycles. The molecule has 7 heteroatoms. The first-order chi connectivity index (χ1) is 16.1. The van der Waals surface area contributed by atoms with Crippen molar-refractivity contribution in [2.75, 3.05) is 0 Å². The number of aromatic amines is 1. The molecule has 4 rings (SSSR count). The molecule has 0 radical (unpaired) electrons. The van der Waals surface area contributed by atoms with Crippen molar-refractivity contribution in [3.05, 3.63) is 88.6 Å². The zero-order valence-corrected chi connectivity index (χ0v) is 19.4. The zero-order chi connectivity index (χ0) is 23.2. The van der Waals surface area contributed by atoms with Crippen molar-refractivity contribution < 1.29 is 0 Å². The molecule has 0 atom stereocenters. The summed E-state index contributed by atoms with van der Waals surface area (Å²) in [6, 6.07) is 16.4. The number of nitrogens with one attached hydrogen (secondary N) is 1. The lowest BCUT2D eigenvalue weighted by Gasteiger charge is -2.10. The Hall–Kier alpha value is -3.74. The van der Waals surface area contributed by atoms with Gasteiger partial charge in [0, 0.05) is 30.4 Å². The molecule has 0 bridgehead atoms. The molecule has 4 aromatic rings. The van der Waals surface area contributed by atoms with Crippen LogP contribution >= 0.6 is 0 Å². The molecule has 1 N–H and O–H groups in total. The number of aromatic nitrogens is 6. The van der Waals surface area contributed by atoms with Crippen molar-refractivity contribution in [2.24, 2.45) is 5.92 Å². The molecule has 0 saturated carbocycles. The minimum Gasteiger partial charge on any atom is -0.299 e. The summed E-state index contributed by atoms with van der Waals surface area (Å²) in [6.45, 7) is 7.67. The molecule has 0 aliphatic carbocycles. The SMILES string of the molecule is C/C=C/Cc1cn(CCC(C)C)c(=O)n1Cc1ccc(-c2ccccc2-c2nnn[nH]2)cc1. The molecular weight excluding hydrogens is 412 g/mol. The zero-order valence-electron chi connectivity index (χ0n) is 19.4. The first kappa shape index (κ1) is 22.5. The number of H-pyrrole nitrogens is 1. The van der Waals surface area contributed by atoms with Crippen LogP contribution in [0, 0.1) is 5.92 Å². The lowest BCUT2D eigenvalue weighted by Crippen LogP contribution is -2.26. The average molecular weight is 443 g/mol. The van der Waals surface area contributed by atoms with Gasteiger partial charge >= 0.3 is 5.69 Å². The Morgan fingerprint density at radius 2 is 1.82 bits per heavy atom. The Morgan fingerprint density at radius 3 is 2.48 bits per heavy atom. The fourth-order valence-corrected chi connectivity index (χ4v) is 3.90. The summed E-state index contributed by atoms with van der Waals surface area (Å²) < 4.78 is 3.75. The van der Waals surface area contributed by atoms with Crippen LogP contribution in [0.2, 0.25) is 0 Å². The summed E-state index contributed by atoms with van der Waals surface area (Å²) in [5, 5.41) is 14.3. The van der Waals surface area contributed by atoms with Crippen LogP contribution in [-0.4, -0.2) is 29.8 Å². The van der Waals surface area contributed by atoms with Gasteiger partial charge < -0.3 is 0 Å². The number of hydrogen-bond acceptors (Lipinski definition) is 4. The highest BCUT2D eigenvalue weighted by atomic mass is 16.1. The van der Waals surface area contributed by atoms with Gasteiger partial charge in [-0.1, -0.05) is 74.5 Å². The fraction of sp³-hybridized carbons (Fsp3) is 0.308. The van der Waals surface area contributed by atoms with E-state index in [1.54, 1.807) is 0 Å². The molecule has 170 valence electrons. The summed E-state index contributed by atoms with van der Waals surface area (Å²) in [5.41, 5.74) is 5.25. The van der Waals surface area contributed by atoms with E-state index in [9.17, 15) is 4.79 Å². The van der Waals surface area contributed by atoms with Crippen molar-refractivity contribution in [3.63, 3.8) is 0 Å². The van der Waals surface area contributed by atoms with E-state index in [1.807, 2.05) is 46.5 Å². The second-order valence-corrected chi connectivity index (χ2v) is 8.63. The smallest absolute Gasteiger partial charge is 0.299 e. The predicted octanol–water partition coefficient (Wildman–Crippen LogP) is 4.71. The van der Waals surface area contributed by atoms with Crippen LogP contribution in [0.25, 0.3) is 22.5 Å². The Morgan fingerprint density at radius 1 is 1.06 bits per heavy atom. The molecule has 0 fully saturated rings. The first-order valence-electron chi connectivity index (χ1n) is 11.4. The Labute approximate surface area is 193 Å². The van der Waals surface area contributed by atoms with Gasteiger partial charge in [0.15, 0.2) is 5.82 Å². The van der Waals surface area contributed by atoms with Crippen LogP contribution in [0.15, 0.2) is 71.7 Å². The quantitative estimate of drug-likeness (QED) is 0.381. The van der Waals surface area contributed by atoms with E-state index in [0.29, 0.717) is 18.3 Å². The standard InChI is InChI=1S/C26H30N6O/c1-4-5-8-22-18-31(16-15-19(2)3)26(33)32(22)17-20-11-13-21(14-12-20)23-9-6-7-10-24(23)25-27-29-30-28-25/h4-7,9-14,18-19H,8,15-17H2,1-3H3,(H,27,28,29,30)/b5-4+. The van der Waals surface area contributed by atoms with Gasteiger partial charge in [0.05, 0.1) is 6.54 Å². The minimum atomic E-state index is 0.0578. The number of imidazole rings is 1. The van der Waals surface area contributed by atoms with Gasteiger partial charge in [-0.05, 0) is 46.4 Å². The third kappa shape index (κ3) is 5.19. The first-order valence-corrected chi connectivity index (χ1v) is 11.4. The number of allylic oxidation sites excluding steroid dienone is 2. The summed E-state index contributed by atoms with van der Waals surface area (Å²) in [5.74, 6) is 1.19. The second-order valence-electron chi connectivity index (χ2n) is 8.63. The average Bonchev–Trinajstić information content (AvgIpc) is 3.46. The van der Waals surface area contributed by atoms with Crippen LogP contribution in [0.3, 0.4) is 0 Å². The maximum atomic E-state index is 13.1. The number of nitrogens with zero attached hydrogens (tertiary/aromatic N) is 5. The molecule has 2 heterocycles. The number of tetrazole rings is 1. The normalized spacial score (nSPS) is 11.6. The van der Waals surface area contributed by atoms with Gasteiger partial charge in [-0.15, -0.1) is 5.10 Å². The Kier molecular flexibility index (Phi) is 6.98. The van der Waals surface area contributed by atoms with Crippen molar-refractivity contribution in [1.29, 1.82) is 0 Å². The maximum Gasteiger partial charge on any atom is 0.328 e. The van der Waals surface area contributed by atoms with Crippen LogP contribution in [0.1, 0.15) is 38.4 Å². The van der Waals surface area contributed by atoms with E-state index in [1.165, 1.54) is 0 Å². The number of aryl methyl sites for hydroxylation is 1. The van der Waals surface area contributed by atoms with Gasteiger partial charge in [0.2, 0.25) is 0 Å². The molecular formula is C26H30N6O. The van der Waals surface area contributed by atoms with Crippen LogP contribution in [0.4, 0.5) is 0 Å². The molecule has 0 unspecified atom stereocenters. The second kappa shape index (κ2) is 10.3. The van der Waals surface area contributed by atoms with E-state index in [2.05, 4.69) is 70.9 Å². The minimum absolute atomic E-state index is 0.0578. The highest BCUT2D eigenvalue weighted by molar-refractivity contribution is 5.80. The van der Waals surface area contributed by atoms with Crippen molar-refractivity contribution in [3.8, 4) is 22.5 Å². The van der Waals surface area contributed by atoms with Gasteiger partial charge in [0.1, 0.15) is 0 Å². The Balaban J connectivity index is 1.61. The molecule has 0 aliphatic rings. The summed E-state index contributed by atoms with van der Waals surface area (Å²) >= 11 is 0. The molecule has 0 spiro atoms. The van der Waals surface area contributed by atoms with Crippen molar-refractivity contribution in [2.45, 2.75) is 46.7 Å². The van der Waals surface area contributed by atoms with Crippen LogP contribution < -0.4 is 5.69 Å². The molecule has 2 aromatic heterocycles. The van der Waals surface area contributed by atoms with Gasteiger partial charge in [-0.25, -0.2) is 9.89 Å². The molecule has 0 amide bonds. The van der Waals surface area contributed by atoms with Crippen LogP contribution in [0.5, 0.6) is 0 Å². The molecule has 0 saturated heterocycles. The van der Waals surface area contributed by atoms with Crippen molar-refractivity contribution in [1.82, 2.24) is 29.8 Å². The van der Waals surface area contributed by atoms with Crippen molar-refractivity contribution >= 4 is 0 Å². The van der Waals surface area contributed by atoms with E-state index in [-0.39, 0.29) is 5.69 Å². The molecule has 2 aromatic carbocycles. The lowest BCUT2D eigenvalue weighted by molar-refractivity contribution is 0.503. The third-order valence-corrected chi connectivity index (χ3v) is 5.77. The van der Waals surface area contributed by atoms with E-state index < -0.39 is 0 Å². The number of benzene rings is 2. The highest BCUT2D eigenvalue weighted by Crippen LogP contribution is 2.29. The maximum absolute atomic E-state index is 13.1. The topological polar surface area (TPSA) is 81.4 Å². The van der Waals surface area contributed by atoms with Crippen LogP contribution in [-0.2, 0) is 19.5 Å².